The summed E-state index contributed by atoms with van der Waals surface area (Å²) in [7, 11) is 0. The van der Waals surface area contributed by atoms with Crippen molar-refractivity contribution < 1.29 is 0 Å². The number of nitrogens with zero attached hydrogens (tertiary/aromatic N) is 5. The number of benzene rings is 16. The summed E-state index contributed by atoms with van der Waals surface area (Å²) in [6.45, 7) is 0. The van der Waals surface area contributed by atoms with Crippen molar-refractivity contribution in [3.63, 3.8) is 0 Å². The van der Waals surface area contributed by atoms with E-state index in [0.717, 1.165) is 138 Å². The average Bonchev–Trinajstić information content (AvgIpc) is 0.744. The largest absolute Gasteiger partial charge is 0.247 e. The van der Waals surface area contributed by atoms with Crippen LogP contribution in [0.3, 0.4) is 0 Å². The van der Waals surface area contributed by atoms with Gasteiger partial charge in [0, 0.05) is 49.4 Å². The molecule has 0 saturated carbocycles. The fourth-order valence-corrected chi connectivity index (χ4v) is 14.8. The van der Waals surface area contributed by atoms with Gasteiger partial charge in [0.05, 0.1) is 45.4 Å². The van der Waals surface area contributed by atoms with Gasteiger partial charge in [-0.05, 0) is 142 Å². The minimum atomic E-state index is 0.651. The molecule has 19 rings (SSSR count). The fourth-order valence-electron chi connectivity index (χ4n) is 14.8. The molecule has 0 aliphatic rings. The highest BCUT2D eigenvalue weighted by Crippen LogP contribution is 2.44. The third-order valence-electron chi connectivity index (χ3n) is 20.5. The van der Waals surface area contributed by atoms with E-state index in [2.05, 4.69) is 340 Å². The second-order valence-electron chi connectivity index (χ2n) is 27.1. The van der Waals surface area contributed by atoms with E-state index in [1.54, 1.807) is 0 Å². The maximum Gasteiger partial charge on any atom is 0.160 e. The Morgan fingerprint density at radius 1 is 0.167 bits per heavy atom. The molecular formula is C103H67N5. The van der Waals surface area contributed by atoms with Crippen molar-refractivity contribution in [3.8, 4) is 152 Å². The number of pyridine rings is 2. The lowest BCUT2D eigenvalue weighted by Crippen LogP contribution is -1.96. The van der Waals surface area contributed by atoms with Gasteiger partial charge < -0.3 is 0 Å². The molecule has 19 aromatic rings. The molecule has 0 bridgehead atoms. The first kappa shape index (κ1) is 65.5. The summed E-state index contributed by atoms with van der Waals surface area (Å²) in [4.78, 5) is 21.0. The maximum atomic E-state index is 9.40. The van der Waals surface area contributed by atoms with Crippen LogP contribution in [0, 0.1) is 11.3 Å². The van der Waals surface area contributed by atoms with Crippen LogP contribution >= 0.6 is 0 Å². The van der Waals surface area contributed by atoms with Crippen LogP contribution in [0.4, 0.5) is 0 Å². The molecule has 5 heteroatoms. The molecule has 0 N–H and O–H groups in total. The molecule has 0 fully saturated rings. The molecule has 5 nitrogen and oxygen atoms in total. The van der Waals surface area contributed by atoms with Gasteiger partial charge in [-0.2, -0.15) is 5.26 Å². The normalized spacial score (nSPS) is 11.1. The lowest BCUT2D eigenvalue weighted by atomic mass is 9.90. The van der Waals surface area contributed by atoms with Crippen LogP contribution in [0.15, 0.2) is 406 Å². The molecule has 0 aliphatic heterocycles. The Bertz CT molecular complexity index is 6430. The Hall–Kier alpha value is -14.6. The SMILES string of the molecule is N#Cc1ccc(-c2cc3c(-c4ccc(-c5ccccc5)cc4)cc(-c4ccc(-c5ccccc5)cc4)nc3c3ccccc23)cc1.c1ccc(-c2ccc(-c3cc(-c4ccc(-c5ccccc5)cc4)c4cc(-c5ccc(-c6nc(-c7ccccc7)cc(-c7ccccc7)n6)cc5)c5ccccc5c4n3)cc2)cc1. The van der Waals surface area contributed by atoms with E-state index < -0.39 is 0 Å². The second-order valence-corrected chi connectivity index (χ2v) is 27.1. The summed E-state index contributed by atoms with van der Waals surface area (Å²) in [6, 6.07) is 145. The van der Waals surface area contributed by atoms with Crippen LogP contribution in [0.5, 0.6) is 0 Å². The Morgan fingerprint density at radius 3 is 0.704 bits per heavy atom. The molecule has 0 radical (unpaired) electrons. The molecule has 16 aromatic carbocycles. The van der Waals surface area contributed by atoms with Crippen LogP contribution < -0.4 is 0 Å². The molecule has 3 aromatic heterocycles. The van der Waals surface area contributed by atoms with Crippen molar-refractivity contribution in [2.45, 2.75) is 0 Å². The quantitative estimate of drug-likeness (QED) is 0.108. The maximum absolute atomic E-state index is 9.40. The summed E-state index contributed by atoms with van der Waals surface area (Å²) in [5, 5.41) is 16.1. The van der Waals surface area contributed by atoms with Crippen LogP contribution in [0.25, 0.3) is 189 Å². The first-order chi connectivity index (χ1) is 53.5. The average molecular weight is 1370 g/mol. The number of fused-ring (bicyclic) bond motifs is 6. The van der Waals surface area contributed by atoms with Crippen molar-refractivity contribution in [3.05, 3.63) is 412 Å². The highest BCUT2D eigenvalue weighted by Gasteiger charge is 2.21. The molecule has 0 aliphatic carbocycles. The molecule has 108 heavy (non-hydrogen) atoms. The lowest BCUT2D eigenvalue weighted by molar-refractivity contribution is 1.18. The van der Waals surface area contributed by atoms with Gasteiger partial charge >= 0.3 is 0 Å². The van der Waals surface area contributed by atoms with Gasteiger partial charge in [0.25, 0.3) is 0 Å². The summed E-state index contributed by atoms with van der Waals surface area (Å²) >= 11 is 0. The zero-order valence-electron chi connectivity index (χ0n) is 58.9. The van der Waals surface area contributed by atoms with Gasteiger partial charge in [0.2, 0.25) is 0 Å². The zero-order valence-corrected chi connectivity index (χ0v) is 58.9. The number of nitriles is 1. The smallest absolute Gasteiger partial charge is 0.160 e. The number of aromatic nitrogens is 4. The summed E-state index contributed by atoms with van der Waals surface area (Å²) < 4.78 is 0. The van der Waals surface area contributed by atoms with Crippen molar-refractivity contribution >= 4 is 43.4 Å². The van der Waals surface area contributed by atoms with Gasteiger partial charge in [-0.3, -0.25) is 0 Å². The monoisotopic (exact) mass is 1370 g/mol. The predicted molar refractivity (Wildman–Crippen MR) is 449 cm³/mol. The van der Waals surface area contributed by atoms with Crippen molar-refractivity contribution in [1.82, 2.24) is 19.9 Å². The highest BCUT2D eigenvalue weighted by molar-refractivity contribution is 6.18. The molecule has 0 spiro atoms. The van der Waals surface area contributed by atoms with Crippen molar-refractivity contribution in [2.24, 2.45) is 0 Å². The van der Waals surface area contributed by atoms with Gasteiger partial charge in [-0.1, -0.05) is 364 Å². The van der Waals surface area contributed by atoms with Crippen molar-refractivity contribution in [1.29, 1.82) is 5.26 Å². The third kappa shape index (κ3) is 13.3. The number of rotatable bonds is 13. The Labute approximate surface area is 628 Å². The van der Waals surface area contributed by atoms with E-state index in [0.29, 0.717) is 11.4 Å². The minimum absolute atomic E-state index is 0.651. The standard InChI is InChI=1S/C59H39N3.C44H28N2/c1-5-15-40(16-6-1)42-25-29-45(30-26-42)53-38-55(48-33-27-43(28-34-48)41-17-7-2-8-18-41)60-58-51-24-14-13-23-50(51)52(37-54(53)58)44-31-35-49(36-32-44)59-61-56(46-19-9-3-10-20-46)39-57(62-59)47-21-11-4-12-22-47;45-29-30-15-17-35(18-16-30)40-27-42-41(36-23-19-33(20-24-36)31-9-3-1-4-10-31)28-43(46-44(42)39-14-8-7-13-38(39)40)37-25-21-34(22-26-37)32-11-5-2-6-12-32/h1-39H;1-28H. The topological polar surface area (TPSA) is 75.3 Å². The van der Waals surface area contributed by atoms with E-state index >= 15 is 0 Å². The fraction of sp³-hybridized carbons (Fsp3) is 0. The Balaban J connectivity index is 0.000000159. The van der Waals surface area contributed by atoms with E-state index in [1.165, 1.54) is 44.5 Å². The van der Waals surface area contributed by atoms with Gasteiger partial charge in [0.15, 0.2) is 5.82 Å². The summed E-state index contributed by atoms with van der Waals surface area (Å²) in [5.41, 5.74) is 30.0. The number of hydrogen-bond acceptors (Lipinski definition) is 5. The molecule has 0 unspecified atom stereocenters. The van der Waals surface area contributed by atoms with Gasteiger partial charge in [-0.15, -0.1) is 0 Å². The predicted octanol–water partition coefficient (Wildman–Crippen LogP) is 27.1. The second kappa shape index (κ2) is 29.3. The van der Waals surface area contributed by atoms with Gasteiger partial charge in [-0.25, -0.2) is 19.9 Å². The summed E-state index contributed by atoms with van der Waals surface area (Å²) in [5.74, 6) is 0.690. The van der Waals surface area contributed by atoms with Crippen LogP contribution in [-0.4, -0.2) is 19.9 Å². The van der Waals surface area contributed by atoms with E-state index in [-0.39, 0.29) is 0 Å². The number of hydrogen-bond donors (Lipinski definition) is 0. The van der Waals surface area contributed by atoms with Crippen LogP contribution in [0.1, 0.15) is 5.56 Å². The Kier molecular flexibility index (Phi) is 17.7. The molecule has 504 valence electrons. The van der Waals surface area contributed by atoms with Crippen LogP contribution in [-0.2, 0) is 0 Å². The lowest BCUT2D eigenvalue weighted by Gasteiger charge is -2.16. The Morgan fingerprint density at radius 2 is 0.389 bits per heavy atom. The molecule has 3 heterocycles. The van der Waals surface area contributed by atoms with Crippen molar-refractivity contribution in [2.75, 3.05) is 0 Å². The molecule has 0 amide bonds. The highest BCUT2D eigenvalue weighted by atomic mass is 14.9. The zero-order chi connectivity index (χ0) is 72.1. The molecule has 0 atom stereocenters. The molecular weight excluding hydrogens is 1310 g/mol. The van der Waals surface area contributed by atoms with Crippen LogP contribution in [0.2, 0.25) is 0 Å². The van der Waals surface area contributed by atoms with Gasteiger partial charge in [0.1, 0.15) is 0 Å². The third-order valence-corrected chi connectivity index (χ3v) is 20.5. The summed E-state index contributed by atoms with van der Waals surface area (Å²) in [6.07, 6.45) is 0. The minimum Gasteiger partial charge on any atom is -0.247 e. The van der Waals surface area contributed by atoms with E-state index in [1.807, 2.05) is 72.8 Å². The first-order valence-electron chi connectivity index (χ1n) is 36.4. The van der Waals surface area contributed by atoms with E-state index in [4.69, 9.17) is 19.9 Å². The van der Waals surface area contributed by atoms with E-state index in [9.17, 15) is 5.26 Å². The molecule has 0 saturated heterocycles. The first-order valence-corrected chi connectivity index (χ1v) is 36.4.